The number of hydrogen-bond donors (Lipinski definition) is 2. The molecule has 74 valence electrons. The maximum atomic E-state index is 5.47. The summed E-state index contributed by atoms with van der Waals surface area (Å²) >= 11 is 1.64. The average molecular weight is 201 g/mol. The first kappa shape index (κ1) is 10.6. The number of nitrogens with two attached hydrogens (primary N) is 1. The summed E-state index contributed by atoms with van der Waals surface area (Å²) in [6, 6.07) is 0. The fourth-order valence-corrected chi connectivity index (χ4v) is 1.51. The zero-order valence-electron chi connectivity index (χ0n) is 7.69. The Bertz CT molecular complexity index is 211. The van der Waals surface area contributed by atoms with Gasteiger partial charge in [-0.15, -0.1) is 11.3 Å². The zero-order valence-corrected chi connectivity index (χ0v) is 8.51. The first-order valence-corrected chi connectivity index (χ1v) is 5.05. The molecule has 0 radical (unpaired) electrons. The number of thiazole rings is 1. The van der Waals surface area contributed by atoms with Crippen molar-refractivity contribution in [2.75, 3.05) is 20.2 Å². The van der Waals surface area contributed by atoms with E-state index in [0.717, 1.165) is 13.1 Å². The standard InChI is InChI=1S/C8H15N3OS/c1-12-7(2-9)3-10-4-8-5-11-6-13-8/h5-7,10H,2-4,9H2,1H3. The number of ether oxygens (including phenoxy) is 1. The fourth-order valence-electron chi connectivity index (χ4n) is 0.949. The van der Waals surface area contributed by atoms with Crippen LogP contribution in [0.5, 0.6) is 0 Å². The SMILES string of the molecule is COC(CN)CNCc1cncs1. The molecular weight excluding hydrogens is 186 g/mol. The van der Waals surface area contributed by atoms with Gasteiger partial charge < -0.3 is 15.8 Å². The summed E-state index contributed by atoms with van der Waals surface area (Å²) < 4.78 is 5.12. The third-order valence-electron chi connectivity index (χ3n) is 1.75. The first-order valence-electron chi connectivity index (χ1n) is 4.17. The van der Waals surface area contributed by atoms with Gasteiger partial charge >= 0.3 is 0 Å². The molecule has 0 saturated carbocycles. The van der Waals surface area contributed by atoms with Crippen LogP contribution in [0.15, 0.2) is 11.7 Å². The van der Waals surface area contributed by atoms with Crippen LogP contribution in [0.25, 0.3) is 0 Å². The molecule has 0 saturated heterocycles. The molecule has 0 aromatic carbocycles. The maximum Gasteiger partial charge on any atom is 0.0817 e. The van der Waals surface area contributed by atoms with Crippen molar-refractivity contribution in [2.24, 2.45) is 5.73 Å². The largest absolute Gasteiger partial charge is 0.379 e. The van der Waals surface area contributed by atoms with E-state index in [1.165, 1.54) is 4.88 Å². The van der Waals surface area contributed by atoms with Crippen LogP contribution in [0.1, 0.15) is 4.88 Å². The number of nitrogens with zero attached hydrogens (tertiary/aromatic N) is 1. The van der Waals surface area contributed by atoms with Crippen LogP contribution in [-0.4, -0.2) is 31.3 Å². The van der Waals surface area contributed by atoms with E-state index in [1.54, 1.807) is 18.4 Å². The van der Waals surface area contributed by atoms with E-state index < -0.39 is 0 Å². The second-order valence-corrected chi connectivity index (χ2v) is 3.66. The average Bonchev–Trinajstić information content (AvgIpc) is 2.65. The van der Waals surface area contributed by atoms with Crippen molar-refractivity contribution in [3.63, 3.8) is 0 Å². The number of methoxy groups -OCH3 is 1. The van der Waals surface area contributed by atoms with Gasteiger partial charge in [0.25, 0.3) is 0 Å². The second kappa shape index (κ2) is 6.04. The molecule has 3 N–H and O–H groups in total. The molecule has 1 heterocycles. The molecule has 0 spiro atoms. The summed E-state index contributed by atoms with van der Waals surface area (Å²) in [6.07, 6.45) is 1.97. The Morgan fingerprint density at radius 1 is 1.77 bits per heavy atom. The van der Waals surface area contributed by atoms with Gasteiger partial charge in [-0.25, -0.2) is 0 Å². The van der Waals surface area contributed by atoms with Gasteiger partial charge in [0.2, 0.25) is 0 Å². The fraction of sp³-hybridized carbons (Fsp3) is 0.625. The lowest BCUT2D eigenvalue weighted by molar-refractivity contribution is 0.108. The van der Waals surface area contributed by atoms with Crippen LogP contribution in [0.4, 0.5) is 0 Å². The van der Waals surface area contributed by atoms with Crippen molar-refractivity contribution in [3.8, 4) is 0 Å². The molecule has 1 unspecified atom stereocenters. The van der Waals surface area contributed by atoms with Gasteiger partial charge in [-0.3, -0.25) is 4.98 Å². The smallest absolute Gasteiger partial charge is 0.0817 e. The molecule has 0 bridgehead atoms. The molecule has 13 heavy (non-hydrogen) atoms. The van der Waals surface area contributed by atoms with Gasteiger partial charge in [0.15, 0.2) is 0 Å². The Morgan fingerprint density at radius 2 is 2.62 bits per heavy atom. The lowest BCUT2D eigenvalue weighted by Gasteiger charge is -2.12. The molecule has 0 aliphatic carbocycles. The van der Waals surface area contributed by atoms with E-state index in [9.17, 15) is 0 Å². The van der Waals surface area contributed by atoms with Gasteiger partial charge in [-0.05, 0) is 0 Å². The molecule has 1 aromatic heterocycles. The summed E-state index contributed by atoms with van der Waals surface area (Å²) in [4.78, 5) is 5.21. The minimum absolute atomic E-state index is 0.105. The van der Waals surface area contributed by atoms with E-state index in [-0.39, 0.29) is 6.10 Å². The molecule has 0 fully saturated rings. The van der Waals surface area contributed by atoms with Gasteiger partial charge in [0, 0.05) is 37.8 Å². The molecule has 0 aliphatic rings. The van der Waals surface area contributed by atoms with Gasteiger partial charge in [-0.1, -0.05) is 0 Å². The van der Waals surface area contributed by atoms with E-state index in [2.05, 4.69) is 10.3 Å². The van der Waals surface area contributed by atoms with E-state index in [1.807, 2.05) is 11.7 Å². The van der Waals surface area contributed by atoms with Crippen molar-refractivity contribution in [1.82, 2.24) is 10.3 Å². The monoisotopic (exact) mass is 201 g/mol. The number of hydrogen-bond acceptors (Lipinski definition) is 5. The number of aromatic nitrogens is 1. The topological polar surface area (TPSA) is 60.2 Å². The molecule has 1 aromatic rings. The van der Waals surface area contributed by atoms with Crippen LogP contribution in [0.2, 0.25) is 0 Å². The van der Waals surface area contributed by atoms with Crippen LogP contribution in [-0.2, 0) is 11.3 Å². The zero-order chi connectivity index (χ0) is 9.52. The highest BCUT2D eigenvalue weighted by Crippen LogP contribution is 2.03. The minimum Gasteiger partial charge on any atom is -0.379 e. The Labute approximate surface area is 82.1 Å². The second-order valence-electron chi connectivity index (χ2n) is 2.69. The van der Waals surface area contributed by atoms with E-state index >= 15 is 0 Å². The Kier molecular flexibility index (Phi) is 4.92. The minimum atomic E-state index is 0.105. The van der Waals surface area contributed by atoms with Crippen molar-refractivity contribution in [3.05, 3.63) is 16.6 Å². The third kappa shape index (κ3) is 3.82. The molecule has 5 heteroatoms. The summed E-state index contributed by atoms with van der Waals surface area (Å²) in [7, 11) is 1.67. The van der Waals surface area contributed by atoms with Gasteiger partial charge in [0.1, 0.15) is 0 Å². The van der Waals surface area contributed by atoms with Crippen molar-refractivity contribution < 1.29 is 4.74 Å². The van der Waals surface area contributed by atoms with Crippen molar-refractivity contribution in [1.29, 1.82) is 0 Å². The Balaban J connectivity index is 2.13. The van der Waals surface area contributed by atoms with Crippen molar-refractivity contribution in [2.45, 2.75) is 12.6 Å². The highest BCUT2D eigenvalue weighted by molar-refractivity contribution is 7.09. The van der Waals surface area contributed by atoms with Crippen LogP contribution >= 0.6 is 11.3 Å². The summed E-state index contributed by atoms with van der Waals surface area (Å²) in [5, 5.41) is 3.26. The molecule has 1 rings (SSSR count). The lowest BCUT2D eigenvalue weighted by Crippen LogP contribution is -2.33. The van der Waals surface area contributed by atoms with Gasteiger partial charge in [0.05, 0.1) is 11.6 Å². The van der Waals surface area contributed by atoms with E-state index in [4.69, 9.17) is 10.5 Å². The molecule has 0 amide bonds. The Hall–Kier alpha value is -0.490. The van der Waals surface area contributed by atoms with Crippen LogP contribution in [0.3, 0.4) is 0 Å². The van der Waals surface area contributed by atoms with E-state index in [0.29, 0.717) is 6.54 Å². The summed E-state index contributed by atoms with van der Waals surface area (Å²) in [5.74, 6) is 0. The summed E-state index contributed by atoms with van der Waals surface area (Å²) in [5.41, 5.74) is 7.30. The first-order chi connectivity index (χ1) is 6.36. The molecule has 0 aliphatic heterocycles. The van der Waals surface area contributed by atoms with Crippen LogP contribution in [0, 0.1) is 0 Å². The predicted molar refractivity (Wildman–Crippen MR) is 53.7 cm³/mol. The quantitative estimate of drug-likeness (QED) is 0.690. The molecule has 1 atom stereocenters. The normalized spacial score (nSPS) is 13.1. The van der Waals surface area contributed by atoms with Crippen LogP contribution < -0.4 is 11.1 Å². The van der Waals surface area contributed by atoms with Crippen molar-refractivity contribution >= 4 is 11.3 Å². The molecular formula is C8H15N3OS. The Morgan fingerprint density at radius 3 is 3.15 bits per heavy atom. The highest BCUT2D eigenvalue weighted by Gasteiger charge is 2.03. The lowest BCUT2D eigenvalue weighted by atomic mass is 10.3. The molecule has 4 nitrogen and oxygen atoms in total. The summed E-state index contributed by atoms with van der Waals surface area (Å²) in [6.45, 7) is 2.17. The van der Waals surface area contributed by atoms with Gasteiger partial charge in [-0.2, -0.15) is 0 Å². The highest BCUT2D eigenvalue weighted by atomic mass is 32.1. The number of nitrogens with one attached hydrogen (secondary N) is 1. The number of rotatable bonds is 6. The maximum absolute atomic E-state index is 5.47. The predicted octanol–water partition coefficient (Wildman–Crippen LogP) is 0.206. The third-order valence-corrected chi connectivity index (χ3v) is 2.53.